The van der Waals surface area contributed by atoms with E-state index in [4.69, 9.17) is 23.3 Å². The van der Waals surface area contributed by atoms with Gasteiger partial charge in [-0.2, -0.15) is 0 Å². The van der Waals surface area contributed by atoms with Gasteiger partial charge in [0.2, 0.25) is 0 Å². The monoisotopic (exact) mass is 1140 g/mol. The summed E-state index contributed by atoms with van der Waals surface area (Å²) in [5, 5.41) is 9.85. The number of ether oxygens (including phenoxy) is 3. The third kappa shape index (κ3) is 58.5. The Morgan fingerprint density at radius 1 is 0.362 bits per heavy atom. The van der Waals surface area contributed by atoms with E-state index < -0.39 is 57.8 Å². The number of aliphatic hydroxyl groups excluding tert-OH is 1. The Morgan fingerprint density at radius 3 is 1.07 bits per heavy atom. The standard InChI is InChI=1S/C68H113O11P/c1-4-7-10-13-16-19-22-25-28-31-32-35-38-41-44-47-50-53-56-59-68(72)79-65(61-75-66(70)57-54-51-48-45-42-39-36-33-29-26-23-20-17-14-11-8-5-2)63-77-80(73,74)76-62-64(60-69)78-67(71)58-55-52-49-46-43-40-37-34-30-27-24-21-18-15-12-9-6-3/h7,10,16-21,25-30,32,35,41,44,50,53,64-65,69H,4-6,8-9,11-15,22-24,31,33-34,36-40,42-43,45-49,51-52,54-63H2,1-3H3,(H,73,74)/b10-7-,19-16-,20-17-,21-18-,28-25-,29-26-,30-27-,35-32-,44-41-,53-50-. The van der Waals surface area contributed by atoms with Crippen LogP contribution in [-0.4, -0.2) is 66.5 Å². The molecule has 0 saturated carbocycles. The molecule has 0 amide bonds. The van der Waals surface area contributed by atoms with Crippen molar-refractivity contribution < 1.29 is 52.2 Å². The van der Waals surface area contributed by atoms with E-state index in [1.54, 1.807) is 0 Å². The Kier molecular flexibility index (Phi) is 57.8. The molecule has 0 aliphatic rings. The number of unbranched alkanes of at least 4 members (excludes halogenated alkanes) is 20. The van der Waals surface area contributed by atoms with Crippen LogP contribution in [0.15, 0.2) is 122 Å². The van der Waals surface area contributed by atoms with E-state index in [-0.39, 0.29) is 25.9 Å². The normalized spacial score (nSPS) is 14.1. The SMILES string of the molecule is CC/C=C\C/C=C\C/C=C\C/C=C\C/C=C\C/C=C\CCC(=O)OC(COC(=O)CCCCCCCCC/C=C\C/C=C\CCCCC)COP(=O)(O)OCC(CO)OC(=O)CCCCCCCCC/C=C\C/C=C\CCCCC. The minimum atomic E-state index is -4.78. The number of phosphoric acid groups is 1. The van der Waals surface area contributed by atoms with E-state index in [2.05, 4.69) is 130 Å². The Labute approximate surface area is 487 Å². The van der Waals surface area contributed by atoms with Crippen molar-refractivity contribution in [1.82, 2.24) is 0 Å². The molecule has 0 aromatic carbocycles. The van der Waals surface area contributed by atoms with Crippen LogP contribution in [0.1, 0.15) is 252 Å². The van der Waals surface area contributed by atoms with E-state index in [0.29, 0.717) is 25.7 Å². The number of carbonyl (C=O) groups excluding carboxylic acids is 3. The predicted molar refractivity (Wildman–Crippen MR) is 334 cm³/mol. The van der Waals surface area contributed by atoms with E-state index in [0.717, 1.165) is 109 Å². The van der Waals surface area contributed by atoms with Gasteiger partial charge in [-0.25, -0.2) is 4.57 Å². The van der Waals surface area contributed by atoms with Crippen LogP contribution in [0.3, 0.4) is 0 Å². The summed E-state index contributed by atoms with van der Waals surface area (Å²) in [6.45, 7) is 4.39. The molecular formula is C68H113O11P. The first kappa shape index (κ1) is 75.9. The highest BCUT2D eigenvalue weighted by Gasteiger charge is 2.28. The van der Waals surface area contributed by atoms with Crippen LogP contribution in [-0.2, 0) is 42.2 Å². The average Bonchev–Trinajstić information content (AvgIpc) is 3.45. The fourth-order valence-electron chi connectivity index (χ4n) is 8.09. The Hall–Kier alpha value is -4.12. The van der Waals surface area contributed by atoms with Crippen molar-refractivity contribution in [1.29, 1.82) is 0 Å². The van der Waals surface area contributed by atoms with Crippen LogP contribution in [0.4, 0.5) is 0 Å². The number of hydrogen-bond acceptors (Lipinski definition) is 10. The maximum Gasteiger partial charge on any atom is 0.472 e. The quantitative estimate of drug-likeness (QED) is 0.0197. The molecule has 0 heterocycles. The molecule has 0 aromatic rings. The lowest BCUT2D eigenvalue weighted by molar-refractivity contribution is -0.161. The van der Waals surface area contributed by atoms with E-state index in [1.807, 2.05) is 12.2 Å². The zero-order chi connectivity index (χ0) is 58.3. The van der Waals surface area contributed by atoms with Gasteiger partial charge in [-0.15, -0.1) is 0 Å². The van der Waals surface area contributed by atoms with Crippen molar-refractivity contribution in [3.05, 3.63) is 122 Å². The minimum Gasteiger partial charge on any atom is -0.462 e. The van der Waals surface area contributed by atoms with Gasteiger partial charge in [-0.3, -0.25) is 23.4 Å². The van der Waals surface area contributed by atoms with Crippen molar-refractivity contribution in [3.63, 3.8) is 0 Å². The van der Waals surface area contributed by atoms with Gasteiger partial charge in [0.15, 0.2) is 6.10 Å². The molecule has 11 nitrogen and oxygen atoms in total. The molecule has 0 rings (SSSR count). The summed E-state index contributed by atoms with van der Waals surface area (Å²) in [4.78, 5) is 48.7. The first-order valence-corrected chi connectivity index (χ1v) is 32.9. The summed E-state index contributed by atoms with van der Waals surface area (Å²) in [7, 11) is -4.78. The van der Waals surface area contributed by atoms with E-state index in [9.17, 15) is 28.9 Å². The van der Waals surface area contributed by atoms with Crippen molar-refractivity contribution in [2.75, 3.05) is 26.4 Å². The van der Waals surface area contributed by atoms with Gasteiger partial charge in [0.25, 0.3) is 0 Å². The molecule has 0 spiro atoms. The zero-order valence-corrected chi connectivity index (χ0v) is 51.4. The van der Waals surface area contributed by atoms with Crippen LogP contribution >= 0.6 is 7.82 Å². The number of phosphoric ester groups is 1. The third-order valence-corrected chi connectivity index (χ3v) is 13.8. The topological polar surface area (TPSA) is 155 Å². The molecule has 0 saturated heterocycles. The number of carbonyl (C=O) groups is 3. The molecule has 0 aliphatic carbocycles. The maximum absolute atomic E-state index is 12.9. The Morgan fingerprint density at radius 2 is 0.675 bits per heavy atom. The first-order chi connectivity index (χ1) is 39.2. The Balaban J connectivity index is 4.84. The molecule has 3 unspecified atom stereocenters. The summed E-state index contributed by atoms with van der Waals surface area (Å²) >= 11 is 0. The lowest BCUT2D eigenvalue weighted by atomic mass is 10.1. The molecule has 456 valence electrons. The summed E-state index contributed by atoms with van der Waals surface area (Å²) in [6, 6.07) is 0. The third-order valence-electron chi connectivity index (χ3n) is 12.9. The van der Waals surface area contributed by atoms with E-state index >= 15 is 0 Å². The highest BCUT2D eigenvalue weighted by Crippen LogP contribution is 2.43. The largest absolute Gasteiger partial charge is 0.472 e. The lowest BCUT2D eigenvalue weighted by Crippen LogP contribution is -2.30. The smallest absolute Gasteiger partial charge is 0.462 e. The van der Waals surface area contributed by atoms with Crippen LogP contribution in [0, 0.1) is 0 Å². The fourth-order valence-corrected chi connectivity index (χ4v) is 8.87. The second kappa shape index (κ2) is 61.0. The molecular weight excluding hydrogens is 1020 g/mol. The van der Waals surface area contributed by atoms with Crippen molar-refractivity contribution in [2.45, 2.75) is 264 Å². The zero-order valence-electron chi connectivity index (χ0n) is 50.5. The molecule has 0 bridgehead atoms. The lowest BCUT2D eigenvalue weighted by Gasteiger charge is -2.21. The Bertz CT molecular complexity index is 1800. The van der Waals surface area contributed by atoms with Gasteiger partial charge in [0.05, 0.1) is 19.8 Å². The number of hydrogen-bond donors (Lipinski definition) is 2. The number of allylic oxidation sites excluding steroid dienone is 20. The maximum atomic E-state index is 12.9. The van der Waals surface area contributed by atoms with Crippen molar-refractivity contribution in [3.8, 4) is 0 Å². The molecule has 0 radical (unpaired) electrons. The fraction of sp³-hybridized carbons (Fsp3) is 0.662. The van der Waals surface area contributed by atoms with Gasteiger partial charge < -0.3 is 24.2 Å². The molecule has 0 aromatic heterocycles. The molecule has 3 atom stereocenters. The molecule has 0 aliphatic heterocycles. The second-order valence-electron chi connectivity index (χ2n) is 20.5. The average molecular weight is 1140 g/mol. The van der Waals surface area contributed by atoms with Crippen LogP contribution in [0.25, 0.3) is 0 Å². The van der Waals surface area contributed by atoms with Crippen molar-refractivity contribution in [2.24, 2.45) is 0 Å². The first-order valence-electron chi connectivity index (χ1n) is 31.4. The van der Waals surface area contributed by atoms with Gasteiger partial charge in [-0.1, -0.05) is 232 Å². The highest BCUT2D eigenvalue weighted by molar-refractivity contribution is 7.47. The van der Waals surface area contributed by atoms with Crippen LogP contribution in [0.5, 0.6) is 0 Å². The highest BCUT2D eigenvalue weighted by atomic mass is 31.2. The summed E-state index contributed by atoms with van der Waals surface area (Å²) in [5.74, 6) is -1.59. The second-order valence-corrected chi connectivity index (χ2v) is 21.9. The van der Waals surface area contributed by atoms with Gasteiger partial charge >= 0.3 is 25.7 Å². The van der Waals surface area contributed by atoms with Gasteiger partial charge in [0.1, 0.15) is 12.7 Å². The molecule has 12 heteroatoms. The minimum absolute atomic E-state index is 0.0347. The van der Waals surface area contributed by atoms with Crippen molar-refractivity contribution >= 4 is 25.7 Å². The number of aliphatic hydroxyl groups is 1. The number of esters is 3. The number of rotatable bonds is 57. The van der Waals surface area contributed by atoms with Crippen LogP contribution < -0.4 is 0 Å². The molecule has 80 heavy (non-hydrogen) atoms. The van der Waals surface area contributed by atoms with Gasteiger partial charge in [0, 0.05) is 19.3 Å². The summed E-state index contributed by atoms with van der Waals surface area (Å²) in [5.41, 5.74) is 0. The van der Waals surface area contributed by atoms with E-state index in [1.165, 1.54) is 77.0 Å². The summed E-state index contributed by atoms with van der Waals surface area (Å²) < 4.78 is 39.6. The molecule has 0 fully saturated rings. The predicted octanol–water partition coefficient (Wildman–Crippen LogP) is 19.1. The van der Waals surface area contributed by atoms with Crippen LogP contribution in [0.2, 0.25) is 0 Å². The summed E-state index contributed by atoms with van der Waals surface area (Å²) in [6.07, 6.45) is 75.9. The molecule has 2 N–H and O–H groups in total. The van der Waals surface area contributed by atoms with Gasteiger partial charge in [-0.05, 0) is 122 Å².